The Labute approximate surface area is 179 Å². The summed E-state index contributed by atoms with van der Waals surface area (Å²) in [5, 5.41) is 2.94. The molecule has 0 saturated carbocycles. The third kappa shape index (κ3) is 5.12. The molecule has 6 heteroatoms. The number of hydrogen-bond acceptors (Lipinski definition) is 3. The summed E-state index contributed by atoms with van der Waals surface area (Å²) in [5.41, 5.74) is 3.71. The second-order valence-electron chi connectivity index (χ2n) is 8.01. The van der Waals surface area contributed by atoms with Crippen molar-refractivity contribution < 1.29 is 9.59 Å². The molecular formula is C24H32N4O2. The third-order valence-electron chi connectivity index (χ3n) is 5.53. The van der Waals surface area contributed by atoms with Gasteiger partial charge in [0.1, 0.15) is 0 Å². The van der Waals surface area contributed by atoms with Crippen LogP contribution in [0.3, 0.4) is 0 Å². The first-order valence-corrected chi connectivity index (χ1v) is 10.7. The molecule has 3 amide bonds. The second kappa shape index (κ2) is 9.65. The highest BCUT2D eigenvalue weighted by atomic mass is 16.2. The van der Waals surface area contributed by atoms with Gasteiger partial charge in [-0.3, -0.25) is 4.79 Å². The lowest BCUT2D eigenvalue weighted by atomic mass is 10.1. The number of hydrogen-bond donors (Lipinski definition) is 1. The lowest BCUT2D eigenvalue weighted by Crippen LogP contribution is -2.51. The number of piperazine rings is 1. The molecule has 1 saturated heterocycles. The van der Waals surface area contributed by atoms with Crippen molar-refractivity contribution >= 4 is 23.3 Å². The van der Waals surface area contributed by atoms with Crippen LogP contribution in [-0.4, -0.2) is 60.5 Å². The Kier molecular flexibility index (Phi) is 6.98. The minimum Gasteiger partial charge on any atom is -0.369 e. The molecule has 0 radical (unpaired) electrons. The van der Waals surface area contributed by atoms with Gasteiger partial charge in [0, 0.05) is 55.7 Å². The number of anilines is 2. The van der Waals surface area contributed by atoms with Crippen LogP contribution in [0.25, 0.3) is 0 Å². The summed E-state index contributed by atoms with van der Waals surface area (Å²) >= 11 is 0. The van der Waals surface area contributed by atoms with Crippen LogP contribution in [0.1, 0.15) is 36.7 Å². The lowest BCUT2D eigenvalue weighted by molar-refractivity contribution is 0.0671. The number of rotatable bonds is 5. The Morgan fingerprint density at radius 2 is 1.63 bits per heavy atom. The van der Waals surface area contributed by atoms with E-state index in [4.69, 9.17) is 0 Å². The van der Waals surface area contributed by atoms with E-state index < -0.39 is 0 Å². The molecule has 1 aliphatic rings. The van der Waals surface area contributed by atoms with Gasteiger partial charge >= 0.3 is 6.03 Å². The molecule has 3 rings (SSSR count). The normalized spacial score (nSPS) is 14.0. The molecule has 2 aromatic carbocycles. The maximum atomic E-state index is 12.9. The van der Waals surface area contributed by atoms with Crippen LogP contribution in [0.15, 0.2) is 48.5 Å². The molecule has 0 aromatic heterocycles. The fourth-order valence-corrected chi connectivity index (χ4v) is 3.86. The van der Waals surface area contributed by atoms with Crippen molar-refractivity contribution in [1.82, 2.24) is 9.80 Å². The van der Waals surface area contributed by atoms with E-state index in [1.54, 1.807) is 4.90 Å². The molecule has 0 spiro atoms. The van der Waals surface area contributed by atoms with Gasteiger partial charge in [-0.2, -0.15) is 0 Å². The predicted octanol–water partition coefficient (Wildman–Crippen LogP) is 4.22. The van der Waals surface area contributed by atoms with Gasteiger partial charge in [-0.15, -0.1) is 0 Å². The average Bonchev–Trinajstić information content (AvgIpc) is 2.74. The maximum Gasteiger partial charge on any atom is 0.321 e. The van der Waals surface area contributed by atoms with E-state index in [0.29, 0.717) is 37.8 Å². The van der Waals surface area contributed by atoms with Gasteiger partial charge in [-0.25, -0.2) is 4.79 Å². The first kappa shape index (κ1) is 21.7. The molecule has 6 nitrogen and oxygen atoms in total. The number of benzene rings is 2. The van der Waals surface area contributed by atoms with Crippen molar-refractivity contribution in [2.24, 2.45) is 0 Å². The fourth-order valence-electron chi connectivity index (χ4n) is 3.86. The summed E-state index contributed by atoms with van der Waals surface area (Å²) in [7, 11) is 0. The number of carbonyl (C=O) groups is 2. The van der Waals surface area contributed by atoms with Crippen molar-refractivity contribution in [2.75, 3.05) is 42.9 Å². The molecule has 0 unspecified atom stereocenters. The van der Waals surface area contributed by atoms with Crippen LogP contribution in [0.5, 0.6) is 0 Å². The van der Waals surface area contributed by atoms with E-state index >= 15 is 0 Å². The number of nitrogens with one attached hydrogen (secondary N) is 1. The van der Waals surface area contributed by atoms with Crippen molar-refractivity contribution in [3.63, 3.8) is 0 Å². The van der Waals surface area contributed by atoms with Gasteiger partial charge in [0.15, 0.2) is 0 Å². The topological polar surface area (TPSA) is 55.9 Å². The highest BCUT2D eigenvalue weighted by Crippen LogP contribution is 2.19. The molecule has 1 N–H and O–H groups in total. The molecule has 0 atom stereocenters. The Morgan fingerprint density at radius 1 is 1.00 bits per heavy atom. The van der Waals surface area contributed by atoms with E-state index in [0.717, 1.165) is 23.5 Å². The Bertz CT molecular complexity index is 871. The molecule has 1 aliphatic heterocycles. The summed E-state index contributed by atoms with van der Waals surface area (Å²) in [5.74, 6) is 0.0212. The minimum atomic E-state index is -0.120. The first-order valence-electron chi connectivity index (χ1n) is 10.7. The number of urea groups is 1. The smallest absolute Gasteiger partial charge is 0.321 e. The third-order valence-corrected chi connectivity index (χ3v) is 5.53. The lowest BCUT2D eigenvalue weighted by Gasteiger charge is -2.35. The SMILES string of the molecule is CCN(c1ccc(C(=O)N2CCN(C(=O)Nc3cccc(C)c3)CC2)cc1)C(C)C. The van der Waals surface area contributed by atoms with Gasteiger partial charge in [-0.1, -0.05) is 12.1 Å². The van der Waals surface area contributed by atoms with E-state index in [1.165, 1.54) is 0 Å². The molecule has 160 valence electrons. The number of carbonyl (C=O) groups excluding carboxylic acids is 2. The van der Waals surface area contributed by atoms with Crippen molar-refractivity contribution in [3.8, 4) is 0 Å². The maximum absolute atomic E-state index is 12.9. The molecule has 0 bridgehead atoms. The molecule has 0 aliphatic carbocycles. The first-order chi connectivity index (χ1) is 14.4. The Morgan fingerprint density at radius 3 is 2.20 bits per heavy atom. The van der Waals surface area contributed by atoms with Gasteiger partial charge in [0.05, 0.1) is 0 Å². The Balaban J connectivity index is 1.55. The van der Waals surface area contributed by atoms with Crippen molar-refractivity contribution in [1.29, 1.82) is 0 Å². The average molecular weight is 409 g/mol. The van der Waals surface area contributed by atoms with E-state index in [-0.39, 0.29) is 11.9 Å². The zero-order chi connectivity index (χ0) is 21.7. The predicted molar refractivity (Wildman–Crippen MR) is 122 cm³/mol. The molecule has 1 fully saturated rings. The van der Waals surface area contributed by atoms with Crippen LogP contribution in [0, 0.1) is 6.92 Å². The monoisotopic (exact) mass is 408 g/mol. The highest BCUT2D eigenvalue weighted by Gasteiger charge is 2.25. The van der Waals surface area contributed by atoms with Gasteiger partial charge in [0.25, 0.3) is 5.91 Å². The summed E-state index contributed by atoms with van der Waals surface area (Å²) in [4.78, 5) is 31.3. The van der Waals surface area contributed by atoms with E-state index in [2.05, 4.69) is 31.0 Å². The highest BCUT2D eigenvalue weighted by molar-refractivity contribution is 5.95. The van der Waals surface area contributed by atoms with E-state index in [1.807, 2.05) is 60.4 Å². The molecule has 2 aromatic rings. The van der Waals surface area contributed by atoms with Crippen molar-refractivity contribution in [2.45, 2.75) is 33.7 Å². The van der Waals surface area contributed by atoms with Crippen LogP contribution in [0.2, 0.25) is 0 Å². The van der Waals surface area contributed by atoms with Crippen LogP contribution >= 0.6 is 0 Å². The minimum absolute atomic E-state index is 0.0212. The summed E-state index contributed by atoms with van der Waals surface area (Å²) in [6.07, 6.45) is 0. The molecule has 1 heterocycles. The second-order valence-corrected chi connectivity index (χ2v) is 8.01. The van der Waals surface area contributed by atoms with Crippen LogP contribution in [-0.2, 0) is 0 Å². The summed E-state index contributed by atoms with van der Waals surface area (Å²) < 4.78 is 0. The zero-order valence-corrected chi connectivity index (χ0v) is 18.4. The Hall–Kier alpha value is -3.02. The summed E-state index contributed by atoms with van der Waals surface area (Å²) in [6.45, 7) is 11.5. The standard InChI is InChI=1S/C24H32N4O2/c1-5-28(18(2)3)22-11-9-20(10-12-22)23(29)26-13-15-27(16-14-26)24(30)25-21-8-6-7-19(4)17-21/h6-12,17-18H,5,13-16H2,1-4H3,(H,25,30). The van der Waals surface area contributed by atoms with Crippen LogP contribution in [0.4, 0.5) is 16.2 Å². The van der Waals surface area contributed by atoms with Crippen molar-refractivity contribution in [3.05, 3.63) is 59.7 Å². The zero-order valence-electron chi connectivity index (χ0n) is 18.4. The summed E-state index contributed by atoms with van der Waals surface area (Å²) in [6, 6.07) is 15.9. The van der Waals surface area contributed by atoms with Gasteiger partial charge in [-0.05, 0) is 69.7 Å². The largest absolute Gasteiger partial charge is 0.369 e. The number of aryl methyl sites for hydroxylation is 1. The fraction of sp³-hybridized carbons (Fsp3) is 0.417. The molecule has 30 heavy (non-hydrogen) atoms. The number of amides is 3. The quantitative estimate of drug-likeness (QED) is 0.806. The van der Waals surface area contributed by atoms with Crippen LogP contribution < -0.4 is 10.2 Å². The van der Waals surface area contributed by atoms with E-state index in [9.17, 15) is 9.59 Å². The van der Waals surface area contributed by atoms with Gasteiger partial charge < -0.3 is 20.0 Å². The van der Waals surface area contributed by atoms with Gasteiger partial charge in [0.2, 0.25) is 0 Å². The number of nitrogens with zero attached hydrogens (tertiary/aromatic N) is 3. The molecular weight excluding hydrogens is 376 g/mol.